The fourth-order valence-corrected chi connectivity index (χ4v) is 3.08. The van der Waals surface area contributed by atoms with E-state index in [2.05, 4.69) is 37.9 Å². The Hall–Kier alpha value is -0.610. The number of nitrogens with one attached hydrogen (secondary N) is 1. The summed E-state index contributed by atoms with van der Waals surface area (Å²) in [7, 11) is 0. The van der Waals surface area contributed by atoms with Gasteiger partial charge in [-0.2, -0.15) is 0 Å². The van der Waals surface area contributed by atoms with E-state index in [0.717, 1.165) is 32.2 Å². The Morgan fingerprint density at radius 2 is 1.74 bits per heavy atom. The van der Waals surface area contributed by atoms with Crippen LogP contribution >= 0.6 is 0 Å². The van der Waals surface area contributed by atoms with Crippen LogP contribution in [0.15, 0.2) is 0 Å². The molecule has 0 aliphatic heterocycles. The van der Waals surface area contributed by atoms with Gasteiger partial charge in [0.2, 0.25) is 5.91 Å². The predicted octanol–water partition coefficient (Wildman–Crippen LogP) is 1.88. The van der Waals surface area contributed by atoms with Crippen molar-refractivity contribution in [2.24, 2.45) is 5.73 Å². The second-order valence-corrected chi connectivity index (χ2v) is 6.52. The predicted molar refractivity (Wildman–Crippen MR) is 80.0 cm³/mol. The summed E-state index contributed by atoms with van der Waals surface area (Å²) >= 11 is 0. The van der Waals surface area contributed by atoms with E-state index in [9.17, 15) is 4.79 Å². The van der Waals surface area contributed by atoms with E-state index >= 15 is 0 Å². The number of nitrogens with two attached hydrogens (primary N) is 1. The third-order valence-electron chi connectivity index (χ3n) is 4.13. The zero-order valence-corrected chi connectivity index (χ0v) is 13.0. The Morgan fingerprint density at radius 3 is 2.21 bits per heavy atom. The van der Waals surface area contributed by atoms with Crippen LogP contribution in [0.2, 0.25) is 0 Å². The zero-order valence-electron chi connectivity index (χ0n) is 13.0. The van der Waals surface area contributed by atoms with Crippen molar-refractivity contribution in [1.29, 1.82) is 0 Å². The van der Waals surface area contributed by atoms with Gasteiger partial charge in [0, 0.05) is 37.1 Å². The summed E-state index contributed by atoms with van der Waals surface area (Å²) in [6.07, 6.45) is 4.79. The van der Waals surface area contributed by atoms with E-state index in [1.54, 1.807) is 0 Å². The molecular weight excluding hydrogens is 238 g/mol. The molecule has 0 bridgehead atoms. The van der Waals surface area contributed by atoms with Crippen LogP contribution in [0.5, 0.6) is 0 Å². The summed E-state index contributed by atoms with van der Waals surface area (Å²) in [5.41, 5.74) is 5.98. The fraction of sp³-hybridized carbons (Fsp3) is 0.933. The van der Waals surface area contributed by atoms with Crippen LogP contribution in [0.3, 0.4) is 0 Å². The van der Waals surface area contributed by atoms with Crippen molar-refractivity contribution < 1.29 is 4.79 Å². The third kappa shape index (κ3) is 5.49. The zero-order chi connectivity index (χ0) is 14.5. The maximum atomic E-state index is 11.9. The van der Waals surface area contributed by atoms with Crippen molar-refractivity contribution in [3.63, 3.8) is 0 Å². The number of carbonyl (C=O) groups excluding carboxylic acids is 1. The molecular formula is C15H31N3O. The highest BCUT2D eigenvalue weighted by molar-refractivity contribution is 5.77. The molecule has 1 saturated carbocycles. The highest BCUT2D eigenvalue weighted by atomic mass is 16.1. The summed E-state index contributed by atoms with van der Waals surface area (Å²) < 4.78 is 0. The molecule has 0 aromatic heterocycles. The molecule has 1 aliphatic carbocycles. The molecule has 1 rings (SSSR count). The Balaban J connectivity index is 2.26. The molecule has 0 heterocycles. The Morgan fingerprint density at radius 1 is 1.21 bits per heavy atom. The summed E-state index contributed by atoms with van der Waals surface area (Å²) in [5, 5.41) is 3.01. The molecule has 112 valence electrons. The third-order valence-corrected chi connectivity index (χ3v) is 4.13. The summed E-state index contributed by atoms with van der Waals surface area (Å²) in [4.78, 5) is 14.3. The van der Waals surface area contributed by atoms with Crippen molar-refractivity contribution in [1.82, 2.24) is 10.2 Å². The van der Waals surface area contributed by atoms with Crippen molar-refractivity contribution in [3.8, 4) is 0 Å². The summed E-state index contributed by atoms with van der Waals surface area (Å²) in [5.74, 6) is 0.108. The topological polar surface area (TPSA) is 58.4 Å². The van der Waals surface area contributed by atoms with E-state index in [0.29, 0.717) is 25.0 Å². The maximum absolute atomic E-state index is 11.9. The van der Waals surface area contributed by atoms with E-state index in [1.165, 1.54) is 0 Å². The van der Waals surface area contributed by atoms with Crippen LogP contribution in [-0.2, 0) is 4.79 Å². The van der Waals surface area contributed by atoms with Crippen molar-refractivity contribution in [2.45, 2.75) is 77.4 Å². The highest BCUT2D eigenvalue weighted by Gasteiger charge is 2.31. The SMILES string of the molecule is CC(C)N(CCNC(=O)CC1(N)CCCC1)C(C)C. The minimum atomic E-state index is -0.236. The van der Waals surface area contributed by atoms with Gasteiger partial charge in [0.15, 0.2) is 0 Å². The fourth-order valence-electron chi connectivity index (χ4n) is 3.08. The first-order valence-electron chi connectivity index (χ1n) is 7.65. The van der Waals surface area contributed by atoms with Gasteiger partial charge < -0.3 is 11.1 Å². The molecule has 1 fully saturated rings. The first-order chi connectivity index (χ1) is 8.84. The first kappa shape index (κ1) is 16.4. The van der Waals surface area contributed by atoms with Crippen molar-refractivity contribution in [3.05, 3.63) is 0 Å². The molecule has 3 N–H and O–H groups in total. The number of nitrogens with zero attached hydrogens (tertiary/aromatic N) is 1. The molecule has 4 heteroatoms. The van der Waals surface area contributed by atoms with E-state index < -0.39 is 0 Å². The van der Waals surface area contributed by atoms with Gasteiger partial charge in [-0.1, -0.05) is 12.8 Å². The monoisotopic (exact) mass is 269 g/mol. The largest absolute Gasteiger partial charge is 0.355 e. The number of rotatable bonds is 7. The smallest absolute Gasteiger partial charge is 0.221 e. The standard InChI is InChI=1S/C15H31N3O/c1-12(2)18(13(3)4)10-9-17-14(19)11-15(16)7-5-6-8-15/h12-13H,5-11,16H2,1-4H3,(H,17,19). The lowest BCUT2D eigenvalue weighted by molar-refractivity contribution is -0.122. The molecule has 19 heavy (non-hydrogen) atoms. The van der Waals surface area contributed by atoms with Crippen LogP contribution in [0.1, 0.15) is 59.8 Å². The minimum absolute atomic E-state index is 0.108. The van der Waals surface area contributed by atoms with Gasteiger partial charge in [-0.25, -0.2) is 0 Å². The number of hydrogen-bond donors (Lipinski definition) is 2. The molecule has 1 amide bonds. The molecule has 0 unspecified atom stereocenters. The Kier molecular flexibility index (Phi) is 6.27. The molecule has 0 radical (unpaired) electrons. The van der Waals surface area contributed by atoms with Gasteiger partial charge >= 0.3 is 0 Å². The van der Waals surface area contributed by atoms with Gasteiger partial charge in [-0.15, -0.1) is 0 Å². The second kappa shape index (κ2) is 7.25. The number of amides is 1. The molecule has 0 spiro atoms. The quantitative estimate of drug-likeness (QED) is 0.742. The average molecular weight is 269 g/mol. The van der Waals surface area contributed by atoms with Crippen molar-refractivity contribution >= 4 is 5.91 Å². The van der Waals surface area contributed by atoms with Crippen LogP contribution in [0, 0.1) is 0 Å². The van der Waals surface area contributed by atoms with Gasteiger partial charge in [0.25, 0.3) is 0 Å². The Labute approximate surface area is 118 Å². The molecule has 0 aromatic carbocycles. The lowest BCUT2D eigenvalue weighted by atomic mass is 9.94. The number of hydrogen-bond acceptors (Lipinski definition) is 3. The van der Waals surface area contributed by atoms with E-state index in [-0.39, 0.29) is 11.4 Å². The number of carbonyl (C=O) groups is 1. The van der Waals surface area contributed by atoms with Gasteiger partial charge in [0.05, 0.1) is 0 Å². The molecule has 0 saturated heterocycles. The first-order valence-corrected chi connectivity index (χ1v) is 7.65. The summed E-state index contributed by atoms with van der Waals surface area (Å²) in [6.45, 7) is 10.4. The molecule has 4 nitrogen and oxygen atoms in total. The van der Waals surface area contributed by atoms with E-state index in [1.807, 2.05) is 0 Å². The lowest BCUT2D eigenvalue weighted by Crippen LogP contribution is -2.45. The van der Waals surface area contributed by atoms with Crippen LogP contribution in [0.4, 0.5) is 0 Å². The Bertz CT molecular complexity index is 275. The lowest BCUT2D eigenvalue weighted by Gasteiger charge is -2.30. The maximum Gasteiger partial charge on any atom is 0.221 e. The van der Waals surface area contributed by atoms with Gasteiger partial charge in [-0.3, -0.25) is 9.69 Å². The summed E-state index contributed by atoms with van der Waals surface area (Å²) in [6, 6.07) is 1.01. The van der Waals surface area contributed by atoms with Gasteiger partial charge in [-0.05, 0) is 40.5 Å². The van der Waals surface area contributed by atoms with Gasteiger partial charge in [0.1, 0.15) is 0 Å². The van der Waals surface area contributed by atoms with Crippen molar-refractivity contribution in [2.75, 3.05) is 13.1 Å². The minimum Gasteiger partial charge on any atom is -0.355 e. The van der Waals surface area contributed by atoms with Crippen LogP contribution in [0.25, 0.3) is 0 Å². The van der Waals surface area contributed by atoms with Crippen LogP contribution < -0.4 is 11.1 Å². The molecule has 0 atom stereocenters. The average Bonchev–Trinajstić information content (AvgIpc) is 2.69. The highest BCUT2D eigenvalue weighted by Crippen LogP contribution is 2.29. The second-order valence-electron chi connectivity index (χ2n) is 6.52. The molecule has 0 aromatic rings. The normalized spacial score (nSPS) is 18.5. The van der Waals surface area contributed by atoms with Crippen LogP contribution in [-0.4, -0.2) is 41.5 Å². The van der Waals surface area contributed by atoms with E-state index in [4.69, 9.17) is 5.73 Å². The molecule has 1 aliphatic rings.